The molecule has 0 radical (unpaired) electrons. The van der Waals surface area contributed by atoms with Crippen LogP contribution in [0.5, 0.6) is 0 Å². The van der Waals surface area contributed by atoms with E-state index in [2.05, 4.69) is 6.92 Å². The van der Waals surface area contributed by atoms with Crippen molar-refractivity contribution in [1.82, 2.24) is 4.90 Å². The van der Waals surface area contributed by atoms with Gasteiger partial charge in [0.25, 0.3) is 0 Å². The Morgan fingerprint density at radius 2 is 2.00 bits per heavy atom. The zero-order chi connectivity index (χ0) is 15.5. The van der Waals surface area contributed by atoms with E-state index in [1.807, 2.05) is 4.90 Å². The molecule has 3 nitrogen and oxygen atoms in total. The molecule has 0 spiro atoms. The first-order chi connectivity index (χ1) is 10.2. The molecular weight excluding hydrogens is 269 g/mol. The maximum absolute atomic E-state index is 13.2. The predicted octanol–water partition coefficient (Wildman–Crippen LogP) is 3.42. The highest BCUT2D eigenvalue weighted by atomic mass is 19.1. The molecule has 1 rings (SSSR count). The van der Waals surface area contributed by atoms with Gasteiger partial charge < -0.3 is 9.64 Å². The smallest absolute Gasteiger partial charge is 0.226 e. The van der Waals surface area contributed by atoms with Gasteiger partial charge in [-0.05, 0) is 30.5 Å². The summed E-state index contributed by atoms with van der Waals surface area (Å²) >= 11 is 0. The number of rotatable bonds is 10. The van der Waals surface area contributed by atoms with Gasteiger partial charge >= 0.3 is 0 Å². The molecule has 0 unspecified atom stereocenters. The molecule has 0 aliphatic heterocycles. The predicted molar refractivity (Wildman–Crippen MR) is 82.7 cm³/mol. The van der Waals surface area contributed by atoms with Gasteiger partial charge in [0.05, 0.1) is 6.42 Å². The van der Waals surface area contributed by atoms with E-state index < -0.39 is 0 Å². The molecule has 0 saturated heterocycles. The summed E-state index contributed by atoms with van der Waals surface area (Å²) in [4.78, 5) is 14.2. The van der Waals surface area contributed by atoms with E-state index in [1.54, 1.807) is 19.2 Å². The minimum absolute atomic E-state index is 0.0628. The van der Waals surface area contributed by atoms with Crippen LogP contribution < -0.4 is 0 Å². The first kappa shape index (κ1) is 17.6. The van der Waals surface area contributed by atoms with Crippen LogP contribution in [0.15, 0.2) is 24.3 Å². The molecule has 0 bridgehead atoms. The molecule has 0 aliphatic carbocycles. The van der Waals surface area contributed by atoms with E-state index in [-0.39, 0.29) is 18.1 Å². The van der Waals surface area contributed by atoms with E-state index in [0.29, 0.717) is 13.2 Å². The Kier molecular flexibility index (Phi) is 8.67. The molecule has 21 heavy (non-hydrogen) atoms. The van der Waals surface area contributed by atoms with Crippen molar-refractivity contribution >= 4 is 5.91 Å². The lowest BCUT2D eigenvalue weighted by atomic mass is 10.1. The minimum Gasteiger partial charge on any atom is -0.385 e. The van der Waals surface area contributed by atoms with Gasteiger partial charge in [-0.1, -0.05) is 31.9 Å². The fourth-order valence-corrected chi connectivity index (χ4v) is 2.25. The third kappa shape index (κ3) is 7.23. The Bertz CT molecular complexity index is 413. The van der Waals surface area contributed by atoms with Gasteiger partial charge in [0.1, 0.15) is 5.82 Å². The van der Waals surface area contributed by atoms with Crippen molar-refractivity contribution in [3.8, 4) is 0 Å². The van der Waals surface area contributed by atoms with Crippen LogP contribution >= 0.6 is 0 Å². The maximum Gasteiger partial charge on any atom is 0.226 e. The third-order valence-electron chi connectivity index (χ3n) is 3.41. The lowest BCUT2D eigenvalue weighted by molar-refractivity contribution is -0.130. The minimum atomic E-state index is -0.294. The average Bonchev–Trinajstić information content (AvgIpc) is 2.46. The van der Waals surface area contributed by atoms with Gasteiger partial charge in [-0.3, -0.25) is 4.79 Å². The standard InChI is InChI=1S/C17H26FNO2/c1-3-4-5-10-19(11-7-12-21-2)17(20)14-15-8-6-9-16(18)13-15/h6,8-9,13H,3-5,7,10-12,14H2,1-2H3. The maximum atomic E-state index is 13.2. The van der Waals surface area contributed by atoms with Crippen molar-refractivity contribution in [3.05, 3.63) is 35.6 Å². The molecule has 0 N–H and O–H groups in total. The summed E-state index contributed by atoms with van der Waals surface area (Å²) in [6.45, 7) is 4.26. The first-order valence-electron chi connectivity index (χ1n) is 7.68. The number of unbranched alkanes of at least 4 members (excludes halogenated alkanes) is 2. The van der Waals surface area contributed by atoms with E-state index >= 15 is 0 Å². The number of methoxy groups -OCH3 is 1. The molecule has 0 atom stereocenters. The van der Waals surface area contributed by atoms with Gasteiger partial charge in [0.15, 0.2) is 0 Å². The normalized spacial score (nSPS) is 10.6. The van der Waals surface area contributed by atoms with Crippen molar-refractivity contribution in [1.29, 1.82) is 0 Å². The summed E-state index contributed by atoms with van der Waals surface area (Å²) in [5.74, 6) is -0.231. The molecule has 4 heteroatoms. The number of hydrogen-bond donors (Lipinski definition) is 0. The summed E-state index contributed by atoms with van der Waals surface area (Å²) in [5.41, 5.74) is 0.729. The molecular formula is C17H26FNO2. The van der Waals surface area contributed by atoms with Crippen LogP contribution in [0.3, 0.4) is 0 Å². The van der Waals surface area contributed by atoms with Crippen LogP contribution in [0.25, 0.3) is 0 Å². The van der Waals surface area contributed by atoms with Crippen LogP contribution in [0.1, 0.15) is 38.2 Å². The van der Waals surface area contributed by atoms with Crippen LogP contribution in [-0.4, -0.2) is 37.6 Å². The largest absolute Gasteiger partial charge is 0.385 e. The SMILES string of the molecule is CCCCCN(CCCOC)C(=O)Cc1cccc(F)c1. The monoisotopic (exact) mass is 295 g/mol. The zero-order valence-corrected chi connectivity index (χ0v) is 13.1. The van der Waals surface area contributed by atoms with E-state index in [0.717, 1.165) is 37.8 Å². The first-order valence-corrected chi connectivity index (χ1v) is 7.68. The van der Waals surface area contributed by atoms with Crippen LogP contribution in [0, 0.1) is 5.82 Å². The topological polar surface area (TPSA) is 29.5 Å². The van der Waals surface area contributed by atoms with Gasteiger partial charge in [-0.25, -0.2) is 4.39 Å². The van der Waals surface area contributed by atoms with Crippen molar-refractivity contribution < 1.29 is 13.9 Å². The lowest BCUT2D eigenvalue weighted by Gasteiger charge is -2.23. The van der Waals surface area contributed by atoms with Gasteiger partial charge in [-0.15, -0.1) is 0 Å². The molecule has 0 aliphatic rings. The van der Waals surface area contributed by atoms with Gasteiger partial charge in [-0.2, -0.15) is 0 Å². The second kappa shape index (κ2) is 10.3. The van der Waals surface area contributed by atoms with Crippen LogP contribution in [-0.2, 0) is 16.0 Å². The number of benzene rings is 1. The number of nitrogens with zero attached hydrogens (tertiary/aromatic N) is 1. The molecule has 1 aromatic rings. The van der Waals surface area contributed by atoms with Crippen molar-refractivity contribution in [2.45, 2.75) is 39.0 Å². The van der Waals surface area contributed by atoms with Crippen LogP contribution in [0.2, 0.25) is 0 Å². The number of carbonyl (C=O) groups excluding carboxylic acids is 1. The Labute approximate surface area is 127 Å². The van der Waals surface area contributed by atoms with Crippen LogP contribution in [0.4, 0.5) is 4.39 Å². The number of halogens is 1. The number of carbonyl (C=O) groups is 1. The zero-order valence-electron chi connectivity index (χ0n) is 13.1. The van der Waals surface area contributed by atoms with Crippen molar-refractivity contribution in [2.24, 2.45) is 0 Å². The second-order valence-electron chi connectivity index (χ2n) is 5.24. The summed E-state index contributed by atoms with van der Waals surface area (Å²) in [5, 5.41) is 0. The quantitative estimate of drug-likeness (QED) is 0.619. The molecule has 0 saturated carbocycles. The third-order valence-corrected chi connectivity index (χ3v) is 3.41. The molecule has 0 aromatic heterocycles. The molecule has 1 aromatic carbocycles. The highest BCUT2D eigenvalue weighted by Gasteiger charge is 2.13. The fourth-order valence-electron chi connectivity index (χ4n) is 2.25. The highest BCUT2D eigenvalue weighted by molar-refractivity contribution is 5.78. The van der Waals surface area contributed by atoms with Gasteiger partial charge in [0.2, 0.25) is 5.91 Å². The molecule has 118 valence electrons. The summed E-state index contributed by atoms with van der Waals surface area (Å²) in [6.07, 6.45) is 4.35. The number of ether oxygens (including phenoxy) is 1. The second-order valence-corrected chi connectivity index (χ2v) is 5.24. The van der Waals surface area contributed by atoms with Crippen molar-refractivity contribution in [2.75, 3.05) is 26.8 Å². The van der Waals surface area contributed by atoms with E-state index in [4.69, 9.17) is 4.74 Å². The average molecular weight is 295 g/mol. The molecule has 0 heterocycles. The summed E-state index contributed by atoms with van der Waals surface area (Å²) < 4.78 is 18.2. The molecule has 1 amide bonds. The Morgan fingerprint density at radius 3 is 2.67 bits per heavy atom. The Morgan fingerprint density at radius 1 is 1.24 bits per heavy atom. The Hall–Kier alpha value is -1.42. The van der Waals surface area contributed by atoms with E-state index in [9.17, 15) is 9.18 Å². The van der Waals surface area contributed by atoms with Gasteiger partial charge in [0, 0.05) is 26.8 Å². The summed E-state index contributed by atoms with van der Waals surface area (Å²) in [7, 11) is 1.66. The molecule has 0 fully saturated rings. The highest BCUT2D eigenvalue weighted by Crippen LogP contribution is 2.08. The number of hydrogen-bond acceptors (Lipinski definition) is 2. The van der Waals surface area contributed by atoms with E-state index in [1.165, 1.54) is 12.1 Å². The Balaban J connectivity index is 2.55. The lowest BCUT2D eigenvalue weighted by Crippen LogP contribution is -2.34. The fraction of sp³-hybridized carbons (Fsp3) is 0.588. The summed E-state index contributed by atoms with van der Waals surface area (Å²) in [6, 6.07) is 6.26. The number of amides is 1. The van der Waals surface area contributed by atoms with Crippen molar-refractivity contribution in [3.63, 3.8) is 0 Å².